The first-order valence-corrected chi connectivity index (χ1v) is 7.04. The van der Waals surface area contributed by atoms with Crippen molar-refractivity contribution in [2.45, 2.75) is 38.8 Å². The normalized spacial score (nSPS) is 26.3. The van der Waals surface area contributed by atoms with Gasteiger partial charge >= 0.3 is 0 Å². The van der Waals surface area contributed by atoms with E-state index in [-0.39, 0.29) is 17.5 Å². The average Bonchev–Trinajstić information content (AvgIpc) is 2.38. The Balaban J connectivity index is 2.13. The molecule has 1 aliphatic rings. The molecule has 106 valence electrons. The Labute approximate surface area is 114 Å². The number of hydrogen-bond acceptors (Lipinski definition) is 4. The molecule has 4 nitrogen and oxygen atoms in total. The molecule has 19 heavy (non-hydrogen) atoms. The summed E-state index contributed by atoms with van der Waals surface area (Å²) >= 11 is 0. The summed E-state index contributed by atoms with van der Waals surface area (Å²) in [5, 5.41) is 19.3. The van der Waals surface area contributed by atoms with Crippen LogP contribution in [0.4, 0.5) is 0 Å². The van der Waals surface area contributed by atoms with Crippen molar-refractivity contribution in [1.82, 2.24) is 4.90 Å². The van der Waals surface area contributed by atoms with Gasteiger partial charge < -0.3 is 15.9 Å². The molecule has 0 amide bonds. The zero-order valence-corrected chi connectivity index (χ0v) is 11.7. The van der Waals surface area contributed by atoms with Crippen molar-refractivity contribution in [2.75, 3.05) is 13.1 Å². The molecule has 1 saturated heterocycles. The standard InChI is InChI=1S/C15H24N2O2/c1-3-11-9-17(7-6-14(11)16)10(2)13-5-4-12(18)8-15(13)19/h4-5,8,10-11,14,18-19H,3,6-7,9,16H2,1-2H3. The molecule has 1 heterocycles. The highest BCUT2D eigenvalue weighted by molar-refractivity contribution is 5.40. The zero-order valence-electron chi connectivity index (χ0n) is 11.7. The Morgan fingerprint density at radius 2 is 2.16 bits per heavy atom. The van der Waals surface area contributed by atoms with E-state index in [0.717, 1.165) is 31.5 Å². The second-order valence-corrected chi connectivity index (χ2v) is 5.53. The van der Waals surface area contributed by atoms with Gasteiger partial charge in [-0.3, -0.25) is 4.90 Å². The minimum Gasteiger partial charge on any atom is -0.508 e. The molecule has 4 N–H and O–H groups in total. The fraction of sp³-hybridized carbons (Fsp3) is 0.600. The summed E-state index contributed by atoms with van der Waals surface area (Å²) < 4.78 is 0. The van der Waals surface area contributed by atoms with Crippen LogP contribution in [0.3, 0.4) is 0 Å². The molecule has 3 atom stereocenters. The molecule has 1 aromatic rings. The summed E-state index contributed by atoms with van der Waals surface area (Å²) in [6.45, 7) is 6.20. The van der Waals surface area contributed by atoms with E-state index < -0.39 is 0 Å². The molecule has 1 fully saturated rings. The van der Waals surface area contributed by atoms with Crippen LogP contribution in [-0.4, -0.2) is 34.2 Å². The quantitative estimate of drug-likeness (QED) is 0.783. The van der Waals surface area contributed by atoms with E-state index in [9.17, 15) is 10.2 Å². The number of phenols is 2. The Hall–Kier alpha value is -1.26. The van der Waals surface area contributed by atoms with Crippen molar-refractivity contribution in [1.29, 1.82) is 0 Å². The van der Waals surface area contributed by atoms with Gasteiger partial charge in [-0.2, -0.15) is 0 Å². The number of rotatable bonds is 3. The monoisotopic (exact) mass is 264 g/mol. The minimum atomic E-state index is 0.0977. The highest BCUT2D eigenvalue weighted by Gasteiger charge is 2.29. The highest BCUT2D eigenvalue weighted by Crippen LogP contribution is 2.33. The van der Waals surface area contributed by atoms with Crippen LogP contribution in [0.2, 0.25) is 0 Å². The van der Waals surface area contributed by atoms with E-state index >= 15 is 0 Å². The van der Waals surface area contributed by atoms with E-state index in [1.54, 1.807) is 12.1 Å². The van der Waals surface area contributed by atoms with Gasteiger partial charge in [0.1, 0.15) is 11.5 Å². The minimum absolute atomic E-state index is 0.0977. The number of nitrogens with zero attached hydrogens (tertiary/aromatic N) is 1. The molecule has 0 saturated carbocycles. The van der Waals surface area contributed by atoms with Crippen LogP contribution in [0, 0.1) is 5.92 Å². The second kappa shape index (κ2) is 5.80. The fourth-order valence-electron chi connectivity index (χ4n) is 2.94. The lowest BCUT2D eigenvalue weighted by Gasteiger charge is -2.40. The lowest BCUT2D eigenvalue weighted by atomic mass is 9.89. The molecule has 3 unspecified atom stereocenters. The van der Waals surface area contributed by atoms with Crippen LogP contribution in [0.15, 0.2) is 18.2 Å². The summed E-state index contributed by atoms with van der Waals surface area (Å²) in [5.41, 5.74) is 7.00. The van der Waals surface area contributed by atoms with Crippen molar-refractivity contribution in [2.24, 2.45) is 11.7 Å². The number of aromatic hydroxyl groups is 2. The first kappa shape index (κ1) is 14.2. The van der Waals surface area contributed by atoms with Gasteiger partial charge in [-0.25, -0.2) is 0 Å². The smallest absolute Gasteiger partial charge is 0.124 e. The number of nitrogens with two attached hydrogens (primary N) is 1. The number of likely N-dealkylation sites (tertiary alicyclic amines) is 1. The van der Waals surface area contributed by atoms with Crippen molar-refractivity contribution >= 4 is 0 Å². The van der Waals surface area contributed by atoms with E-state index in [2.05, 4.69) is 18.7 Å². The highest BCUT2D eigenvalue weighted by atomic mass is 16.3. The Kier molecular flexibility index (Phi) is 4.32. The zero-order chi connectivity index (χ0) is 14.0. The van der Waals surface area contributed by atoms with E-state index in [0.29, 0.717) is 12.0 Å². The van der Waals surface area contributed by atoms with Crippen LogP contribution in [0.25, 0.3) is 0 Å². The number of piperidine rings is 1. The van der Waals surface area contributed by atoms with E-state index in [4.69, 9.17) is 5.73 Å². The Morgan fingerprint density at radius 3 is 2.79 bits per heavy atom. The lowest BCUT2D eigenvalue weighted by molar-refractivity contribution is 0.113. The van der Waals surface area contributed by atoms with Crippen LogP contribution in [-0.2, 0) is 0 Å². The largest absolute Gasteiger partial charge is 0.508 e. The number of phenolic OH excluding ortho intramolecular Hbond substituents is 2. The topological polar surface area (TPSA) is 69.7 Å². The summed E-state index contributed by atoms with van der Waals surface area (Å²) in [6, 6.07) is 5.26. The first-order valence-electron chi connectivity index (χ1n) is 7.04. The molecule has 1 aromatic carbocycles. The van der Waals surface area contributed by atoms with Gasteiger partial charge in [-0.15, -0.1) is 0 Å². The summed E-state index contributed by atoms with van der Waals surface area (Å²) in [4.78, 5) is 2.36. The van der Waals surface area contributed by atoms with Gasteiger partial charge in [0.05, 0.1) is 0 Å². The van der Waals surface area contributed by atoms with Crippen LogP contribution < -0.4 is 5.73 Å². The van der Waals surface area contributed by atoms with Crippen molar-refractivity contribution < 1.29 is 10.2 Å². The molecule has 0 aromatic heterocycles. The Morgan fingerprint density at radius 1 is 1.42 bits per heavy atom. The molecule has 4 heteroatoms. The molecule has 0 aliphatic carbocycles. The van der Waals surface area contributed by atoms with E-state index in [1.165, 1.54) is 6.07 Å². The van der Waals surface area contributed by atoms with Crippen molar-refractivity contribution in [3.63, 3.8) is 0 Å². The molecule has 2 rings (SSSR count). The molecular formula is C15H24N2O2. The number of hydrogen-bond donors (Lipinski definition) is 3. The van der Waals surface area contributed by atoms with Gasteiger partial charge in [0.2, 0.25) is 0 Å². The predicted octanol–water partition coefficient (Wildman–Crippen LogP) is 2.22. The third kappa shape index (κ3) is 3.01. The fourth-order valence-corrected chi connectivity index (χ4v) is 2.94. The maximum absolute atomic E-state index is 9.96. The Bertz CT molecular complexity index is 436. The molecular weight excluding hydrogens is 240 g/mol. The van der Waals surface area contributed by atoms with Crippen molar-refractivity contribution in [3.05, 3.63) is 23.8 Å². The van der Waals surface area contributed by atoms with Gasteiger partial charge in [0, 0.05) is 36.8 Å². The lowest BCUT2D eigenvalue weighted by Crippen LogP contribution is -2.47. The maximum atomic E-state index is 9.96. The third-order valence-electron chi connectivity index (χ3n) is 4.36. The maximum Gasteiger partial charge on any atom is 0.124 e. The molecule has 0 spiro atoms. The average molecular weight is 264 g/mol. The molecule has 0 bridgehead atoms. The first-order chi connectivity index (χ1) is 9.02. The predicted molar refractivity (Wildman–Crippen MR) is 76.1 cm³/mol. The van der Waals surface area contributed by atoms with Gasteiger partial charge in [0.15, 0.2) is 0 Å². The van der Waals surface area contributed by atoms with Crippen molar-refractivity contribution in [3.8, 4) is 11.5 Å². The van der Waals surface area contributed by atoms with E-state index in [1.807, 2.05) is 0 Å². The van der Waals surface area contributed by atoms with Gasteiger partial charge in [-0.05, 0) is 25.3 Å². The molecule has 1 aliphatic heterocycles. The van der Waals surface area contributed by atoms with Gasteiger partial charge in [-0.1, -0.05) is 19.4 Å². The third-order valence-corrected chi connectivity index (χ3v) is 4.36. The SMILES string of the molecule is CCC1CN(C(C)c2ccc(O)cc2O)CCC1N. The molecule has 0 radical (unpaired) electrons. The number of benzene rings is 1. The van der Waals surface area contributed by atoms with Crippen LogP contribution in [0.1, 0.15) is 38.3 Å². The summed E-state index contributed by atoms with van der Waals surface area (Å²) in [5.74, 6) is 0.784. The van der Waals surface area contributed by atoms with Gasteiger partial charge in [0.25, 0.3) is 0 Å². The van der Waals surface area contributed by atoms with Crippen LogP contribution in [0.5, 0.6) is 11.5 Å². The second-order valence-electron chi connectivity index (χ2n) is 5.53. The summed E-state index contributed by atoms with van der Waals surface area (Å²) in [7, 11) is 0. The summed E-state index contributed by atoms with van der Waals surface area (Å²) in [6.07, 6.45) is 2.09. The van der Waals surface area contributed by atoms with Crippen LogP contribution >= 0.6 is 0 Å².